The molecule has 0 heterocycles. The van der Waals surface area contributed by atoms with E-state index in [1.165, 1.54) is 0 Å². The molecule has 6 heteroatoms. The maximum Gasteiger partial charge on any atom is 0.406 e. The number of halogens is 3. The van der Waals surface area contributed by atoms with E-state index in [2.05, 4.69) is 5.32 Å². The van der Waals surface area contributed by atoms with Crippen molar-refractivity contribution in [2.75, 3.05) is 13.1 Å². The minimum Gasteiger partial charge on any atom is -0.335 e. The van der Waals surface area contributed by atoms with Gasteiger partial charge in [0.05, 0.1) is 0 Å². The quantitative estimate of drug-likeness (QED) is 0.805. The van der Waals surface area contributed by atoms with Gasteiger partial charge in [0, 0.05) is 12.6 Å². The molecule has 0 atom stereocenters. The number of carbonyl (C=O) groups excluding carboxylic acids is 1. The fourth-order valence-corrected chi connectivity index (χ4v) is 1.88. The van der Waals surface area contributed by atoms with Crippen molar-refractivity contribution < 1.29 is 18.0 Å². The van der Waals surface area contributed by atoms with Crippen LogP contribution in [0.15, 0.2) is 0 Å². The van der Waals surface area contributed by atoms with Crippen molar-refractivity contribution in [1.82, 2.24) is 10.2 Å². The molecule has 2 amide bonds. The number of amides is 2. The van der Waals surface area contributed by atoms with Crippen LogP contribution >= 0.6 is 0 Å². The van der Waals surface area contributed by atoms with E-state index in [-0.39, 0.29) is 12.6 Å². The molecule has 0 unspecified atom stereocenters. The van der Waals surface area contributed by atoms with Gasteiger partial charge in [-0.2, -0.15) is 13.2 Å². The Morgan fingerprint density at radius 3 is 2.38 bits per heavy atom. The smallest absolute Gasteiger partial charge is 0.335 e. The van der Waals surface area contributed by atoms with Gasteiger partial charge in [-0.05, 0) is 19.8 Å². The molecule has 16 heavy (non-hydrogen) atoms. The van der Waals surface area contributed by atoms with Gasteiger partial charge in [-0.25, -0.2) is 4.79 Å². The molecule has 1 N–H and O–H groups in total. The number of carbonyl (C=O) groups is 1. The van der Waals surface area contributed by atoms with Crippen LogP contribution < -0.4 is 5.32 Å². The zero-order valence-corrected chi connectivity index (χ0v) is 9.31. The molecule has 0 saturated heterocycles. The van der Waals surface area contributed by atoms with Crippen LogP contribution in [-0.4, -0.2) is 36.2 Å². The van der Waals surface area contributed by atoms with Crippen LogP contribution in [0.5, 0.6) is 0 Å². The Balaban J connectivity index is 2.42. The molecule has 94 valence electrons. The summed E-state index contributed by atoms with van der Waals surface area (Å²) < 4.78 is 36.4. The molecule has 0 aromatic heterocycles. The fourth-order valence-electron chi connectivity index (χ4n) is 1.88. The van der Waals surface area contributed by atoms with E-state index in [1.807, 2.05) is 0 Å². The molecule has 1 aliphatic carbocycles. The lowest BCUT2D eigenvalue weighted by atomic mass is 10.2. The van der Waals surface area contributed by atoms with Crippen LogP contribution in [0.1, 0.15) is 32.6 Å². The van der Waals surface area contributed by atoms with Gasteiger partial charge in [-0.15, -0.1) is 0 Å². The van der Waals surface area contributed by atoms with E-state index in [9.17, 15) is 18.0 Å². The highest BCUT2D eigenvalue weighted by molar-refractivity contribution is 5.74. The van der Waals surface area contributed by atoms with E-state index in [0.29, 0.717) is 0 Å². The van der Waals surface area contributed by atoms with Gasteiger partial charge in [0.25, 0.3) is 0 Å². The van der Waals surface area contributed by atoms with E-state index in [1.54, 1.807) is 6.92 Å². The average molecular weight is 238 g/mol. The van der Waals surface area contributed by atoms with Crippen molar-refractivity contribution in [3.63, 3.8) is 0 Å². The molecule has 1 fully saturated rings. The molecular formula is C10H17F3N2O. The SMILES string of the molecule is CCN(CC(F)(F)F)C(=O)NC1CCCC1. The Morgan fingerprint density at radius 1 is 1.38 bits per heavy atom. The van der Waals surface area contributed by atoms with Crippen LogP contribution in [0.2, 0.25) is 0 Å². The molecule has 0 aliphatic heterocycles. The summed E-state index contributed by atoms with van der Waals surface area (Å²) in [6, 6.07) is -0.554. The number of alkyl halides is 3. The highest BCUT2D eigenvalue weighted by Crippen LogP contribution is 2.19. The topological polar surface area (TPSA) is 32.3 Å². The Hall–Kier alpha value is -0.940. The van der Waals surface area contributed by atoms with Gasteiger partial charge in [-0.1, -0.05) is 12.8 Å². The Labute approximate surface area is 93.0 Å². The zero-order chi connectivity index (χ0) is 12.2. The summed E-state index contributed by atoms with van der Waals surface area (Å²) in [7, 11) is 0. The number of urea groups is 1. The van der Waals surface area contributed by atoms with Crippen LogP contribution in [0.4, 0.5) is 18.0 Å². The number of rotatable bonds is 3. The summed E-state index contributed by atoms with van der Waals surface area (Å²) >= 11 is 0. The number of nitrogens with zero attached hydrogens (tertiary/aromatic N) is 1. The van der Waals surface area contributed by atoms with Gasteiger partial charge < -0.3 is 10.2 Å². The van der Waals surface area contributed by atoms with Crippen molar-refractivity contribution in [2.24, 2.45) is 0 Å². The van der Waals surface area contributed by atoms with Crippen LogP contribution in [0.3, 0.4) is 0 Å². The van der Waals surface area contributed by atoms with Gasteiger partial charge >= 0.3 is 12.2 Å². The lowest BCUT2D eigenvalue weighted by molar-refractivity contribution is -0.139. The second kappa shape index (κ2) is 5.41. The minimum atomic E-state index is -4.33. The number of hydrogen-bond acceptors (Lipinski definition) is 1. The maximum atomic E-state index is 12.1. The number of nitrogens with one attached hydrogen (secondary N) is 1. The van der Waals surface area contributed by atoms with E-state index in [4.69, 9.17) is 0 Å². The van der Waals surface area contributed by atoms with E-state index >= 15 is 0 Å². The normalized spacial score (nSPS) is 17.5. The fraction of sp³-hybridized carbons (Fsp3) is 0.900. The Bertz CT molecular complexity index is 237. The first-order valence-corrected chi connectivity index (χ1v) is 5.54. The van der Waals surface area contributed by atoms with Crippen LogP contribution in [0.25, 0.3) is 0 Å². The highest BCUT2D eigenvalue weighted by atomic mass is 19.4. The summed E-state index contributed by atoms with van der Waals surface area (Å²) in [6.07, 6.45) is -0.514. The molecule has 0 aromatic carbocycles. The Kier molecular flexibility index (Phi) is 4.44. The van der Waals surface area contributed by atoms with Crippen molar-refractivity contribution in [3.05, 3.63) is 0 Å². The maximum absolute atomic E-state index is 12.1. The van der Waals surface area contributed by atoms with Gasteiger partial charge in [0.2, 0.25) is 0 Å². The Morgan fingerprint density at radius 2 is 1.94 bits per heavy atom. The molecule has 1 rings (SSSR count). The van der Waals surface area contributed by atoms with E-state index < -0.39 is 18.8 Å². The first-order chi connectivity index (χ1) is 7.42. The number of hydrogen-bond donors (Lipinski definition) is 1. The molecule has 0 spiro atoms. The van der Waals surface area contributed by atoms with Gasteiger partial charge in [0.1, 0.15) is 6.54 Å². The molecule has 1 aliphatic rings. The first-order valence-electron chi connectivity index (χ1n) is 5.54. The molecular weight excluding hydrogens is 221 g/mol. The summed E-state index contributed by atoms with van der Waals surface area (Å²) in [5.41, 5.74) is 0. The third kappa shape index (κ3) is 4.28. The zero-order valence-electron chi connectivity index (χ0n) is 9.31. The summed E-state index contributed by atoms with van der Waals surface area (Å²) in [4.78, 5) is 12.3. The first kappa shape index (κ1) is 13.1. The predicted molar refractivity (Wildman–Crippen MR) is 54.1 cm³/mol. The predicted octanol–water partition coefficient (Wildman–Crippen LogP) is 2.52. The minimum absolute atomic E-state index is 0.0507. The van der Waals surface area contributed by atoms with E-state index in [0.717, 1.165) is 30.6 Å². The lowest BCUT2D eigenvalue weighted by Gasteiger charge is -2.24. The largest absolute Gasteiger partial charge is 0.406 e. The third-order valence-electron chi connectivity index (χ3n) is 2.72. The van der Waals surface area contributed by atoms with Crippen molar-refractivity contribution >= 4 is 6.03 Å². The molecule has 0 radical (unpaired) electrons. The van der Waals surface area contributed by atoms with Crippen molar-refractivity contribution in [3.8, 4) is 0 Å². The molecule has 0 aromatic rings. The lowest BCUT2D eigenvalue weighted by Crippen LogP contribution is -2.47. The second-order valence-corrected chi connectivity index (χ2v) is 4.06. The highest BCUT2D eigenvalue weighted by Gasteiger charge is 2.33. The standard InChI is InChI=1S/C10H17F3N2O/c1-2-15(7-10(11,12)13)9(16)14-8-5-3-4-6-8/h8H,2-7H2,1H3,(H,14,16). The molecule has 1 saturated carbocycles. The van der Waals surface area contributed by atoms with Gasteiger partial charge in [0.15, 0.2) is 0 Å². The summed E-state index contributed by atoms with van der Waals surface area (Å²) in [6.45, 7) is 0.431. The van der Waals surface area contributed by atoms with Gasteiger partial charge in [-0.3, -0.25) is 0 Å². The van der Waals surface area contributed by atoms with Crippen molar-refractivity contribution in [1.29, 1.82) is 0 Å². The molecule has 0 bridgehead atoms. The summed E-state index contributed by atoms with van der Waals surface area (Å²) in [5, 5.41) is 2.64. The second-order valence-electron chi connectivity index (χ2n) is 4.06. The van der Waals surface area contributed by atoms with Crippen molar-refractivity contribution in [2.45, 2.75) is 44.8 Å². The average Bonchev–Trinajstić information content (AvgIpc) is 2.65. The molecule has 3 nitrogen and oxygen atoms in total. The summed E-state index contributed by atoms with van der Waals surface area (Å²) in [5.74, 6) is 0. The third-order valence-corrected chi connectivity index (χ3v) is 2.72. The van der Waals surface area contributed by atoms with Crippen LogP contribution in [-0.2, 0) is 0 Å². The monoisotopic (exact) mass is 238 g/mol. The van der Waals surface area contributed by atoms with Crippen LogP contribution in [0, 0.1) is 0 Å².